The average Bonchev–Trinajstić information content (AvgIpc) is 3.20. The molecular formula is C15H17N7O. The molecule has 1 atom stereocenters. The molecule has 3 aromatic heterocycles. The third-order valence-corrected chi connectivity index (χ3v) is 4.28. The van der Waals surface area contributed by atoms with Crippen molar-refractivity contribution in [3.8, 4) is 0 Å². The first kappa shape index (κ1) is 13.9. The number of likely N-dealkylation sites (tertiary alicyclic amines) is 1. The van der Waals surface area contributed by atoms with Gasteiger partial charge in [0.1, 0.15) is 5.52 Å². The zero-order valence-electron chi connectivity index (χ0n) is 12.8. The summed E-state index contributed by atoms with van der Waals surface area (Å²) in [5.74, 6) is 0.226. The molecule has 0 bridgehead atoms. The number of aromatic nitrogens is 6. The van der Waals surface area contributed by atoms with Crippen LogP contribution in [0.1, 0.15) is 34.8 Å². The van der Waals surface area contributed by atoms with E-state index < -0.39 is 0 Å². The standard InChI is InChI=1S/C15H17N7O/c1-21-8-11(7-18-21)15(23)22-6-2-3-10(9-22)12-13-14(20-19-12)17-5-4-16-13/h4-5,7-8,10H,2-3,6,9H2,1H3,(H,17,19,20). The van der Waals surface area contributed by atoms with Crippen molar-refractivity contribution in [3.63, 3.8) is 0 Å². The van der Waals surface area contributed by atoms with E-state index in [1.165, 1.54) is 0 Å². The van der Waals surface area contributed by atoms with Gasteiger partial charge in [-0.1, -0.05) is 0 Å². The molecule has 0 aliphatic carbocycles. The number of nitrogens with zero attached hydrogens (tertiary/aromatic N) is 6. The van der Waals surface area contributed by atoms with Crippen molar-refractivity contribution >= 4 is 17.1 Å². The Hall–Kier alpha value is -2.77. The number of hydrogen-bond acceptors (Lipinski definition) is 5. The highest BCUT2D eigenvalue weighted by Crippen LogP contribution is 2.29. The van der Waals surface area contributed by atoms with Gasteiger partial charge in [-0.3, -0.25) is 14.6 Å². The summed E-state index contributed by atoms with van der Waals surface area (Å²) in [4.78, 5) is 23.1. The van der Waals surface area contributed by atoms with Crippen LogP contribution in [0.3, 0.4) is 0 Å². The van der Waals surface area contributed by atoms with Crippen LogP contribution < -0.4 is 0 Å². The van der Waals surface area contributed by atoms with Crippen LogP contribution in [-0.2, 0) is 7.05 Å². The van der Waals surface area contributed by atoms with Crippen molar-refractivity contribution in [3.05, 3.63) is 36.0 Å². The van der Waals surface area contributed by atoms with Crippen molar-refractivity contribution in [1.29, 1.82) is 0 Å². The van der Waals surface area contributed by atoms with Gasteiger partial charge in [-0.15, -0.1) is 0 Å². The Kier molecular flexibility index (Phi) is 3.29. The van der Waals surface area contributed by atoms with Gasteiger partial charge in [-0.25, -0.2) is 9.97 Å². The van der Waals surface area contributed by atoms with E-state index in [2.05, 4.69) is 25.3 Å². The van der Waals surface area contributed by atoms with Gasteiger partial charge in [0.25, 0.3) is 5.91 Å². The lowest BCUT2D eigenvalue weighted by atomic mass is 9.94. The maximum Gasteiger partial charge on any atom is 0.257 e. The average molecular weight is 311 g/mol. The van der Waals surface area contributed by atoms with E-state index >= 15 is 0 Å². The van der Waals surface area contributed by atoms with E-state index in [4.69, 9.17) is 0 Å². The number of carbonyl (C=O) groups excluding carboxylic acids is 1. The molecule has 1 N–H and O–H groups in total. The zero-order chi connectivity index (χ0) is 15.8. The summed E-state index contributed by atoms with van der Waals surface area (Å²) in [6.45, 7) is 1.42. The molecule has 118 valence electrons. The predicted molar refractivity (Wildman–Crippen MR) is 82.8 cm³/mol. The fourth-order valence-electron chi connectivity index (χ4n) is 3.16. The number of aromatic amines is 1. The molecule has 1 amide bonds. The maximum absolute atomic E-state index is 12.6. The second-order valence-corrected chi connectivity index (χ2v) is 5.86. The summed E-state index contributed by atoms with van der Waals surface area (Å²) < 4.78 is 1.65. The molecule has 1 aliphatic heterocycles. The number of hydrogen-bond donors (Lipinski definition) is 1. The lowest BCUT2D eigenvalue weighted by molar-refractivity contribution is 0.0706. The molecule has 8 nitrogen and oxygen atoms in total. The van der Waals surface area contributed by atoms with Gasteiger partial charge < -0.3 is 4.90 Å². The summed E-state index contributed by atoms with van der Waals surface area (Å²) in [6, 6.07) is 0. The number of amides is 1. The van der Waals surface area contributed by atoms with Gasteiger partial charge in [0.15, 0.2) is 5.65 Å². The van der Waals surface area contributed by atoms with Crippen molar-refractivity contribution in [2.45, 2.75) is 18.8 Å². The lowest BCUT2D eigenvalue weighted by Gasteiger charge is -2.32. The minimum absolute atomic E-state index is 0.0257. The number of rotatable bonds is 2. The molecule has 0 saturated carbocycles. The van der Waals surface area contributed by atoms with Gasteiger partial charge in [0.2, 0.25) is 0 Å². The van der Waals surface area contributed by atoms with Crippen LogP contribution in [0.15, 0.2) is 24.8 Å². The van der Waals surface area contributed by atoms with Gasteiger partial charge in [0, 0.05) is 44.6 Å². The minimum atomic E-state index is 0.0257. The molecule has 4 rings (SSSR count). The quantitative estimate of drug-likeness (QED) is 0.765. The SMILES string of the molecule is Cn1cc(C(=O)N2CCCC(c3[nH]nc4nccnc34)C2)cn1. The first-order valence-corrected chi connectivity index (χ1v) is 7.65. The van der Waals surface area contributed by atoms with E-state index in [0.29, 0.717) is 17.8 Å². The fourth-order valence-corrected chi connectivity index (χ4v) is 3.16. The van der Waals surface area contributed by atoms with Crippen LogP contribution in [0.5, 0.6) is 0 Å². The van der Waals surface area contributed by atoms with Crippen molar-refractivity contribution < 1.29 is 4.79 Å². The van der Waals surface area contributed by atoms with Gasteiger partial charge in [0.05, 0.1) is 17.5 Å². The molecule has 4 heterocycles. The summed E-state index contributed by atoms with van der Waals surface area (Å²) in [5, 5.41) is 11.3. The third-order valence-electron chi connectivity index (χ3n) is 4.28. The number of piperidine rings is 1. The monoisotopic (exact) mass is 311 g/mol. The Balaban J connectivity index is 1.58. The topological polar surface area (TPSA) is 92.6 Å². The maximum atomic E-state index is 12.6. The normalized spacial score (nSPS) is 18.5. The summed E-state index contributed by atoms with van der Waals surface area (Å²) in [5.41, 5.74) is 3.02. The highest BCUT2D eigenvalue weighted by molar-refractivity contribution is 5.93. The summed E-state index contributed by atoms with van der Waals surface area (Å²) in [7, 11) is 1.81. The van der Waals surface area contributed by atoms with E-state index in [9.17, 15) is 4.79 Å². The molecule has 23 heavy (non-hydrogen) atoms. The van der Waals surface area contributed by atoms with Crippen LogP contribution >= 0.6 is 0 Å². The molecule has 1 unspecified atom stereocenters. The molecule has 0 aromatic carbocycles. The second-order valence-electron chi connectivity index (χ2n) is 5.86. The minimum Gasteiger partial charge on any atom is -0.338 e. The summed E-state index contributed by atoms with van der Waals surface area (Å²) in [6.07, 6.45) is 8.63. The van der Waals surface area contributed by atoms with Crippen LogP contribution in [0.2, 0.25) is 0 Å². The Morgan fingerprint density at radius 2 is 2.22 bits per heavy atom. The first-order valence-electron chi connectivity index (χ1n) is 7.65. The van der Waals surface area contributed by atoms with Gasteiger partial charge >= 0.3 is 0 Å². The fraction of sp³-hybridized carbons (Fsp3) is 0.400. The van der Waals surface area contributed by atoms with E-state index in [1.54, 1.807) is 29.5 Å². The van der Waals surface area contributed by atoms with Crippen molar-refractivity contribution in [2.24, 2.45) is 7.05 Å². The molecule has 3 aromatic rings. The number of nitrogens with one attached hydrogen (secondary N) is 1. The molecule has 0 radical (unpaired) electrons. The Morgan fingerprint density at radius 1 is 1.35 bits per heavy atom. The highest BCUT2D eigenvalue weighted by atomic mass is 16.2. The molecule has 1 aliphatic rings. The Labute approximate surface area is 132 Å². The van der Waals surface area contributed by atoms with Crippen molar-refractivity contribution in [1.82, 2.24) is 34.8 Å². The number of carbonyl (C=O) groups is 1. The predicted octanol–water partition coefficient (Wildman–Crippen LogP) is 1.11. The first-order chi connectivity index (χ1) is 11.2. The Bertz CT molecular complexity index is 852. The third kappa shape index (κ3) is 2.45. The van der Waals surface area contributed by atoms with Gasteiger partial charge in [-0.2, -0.15) is 10.2 Å². The van der Waals surface area contributed by atoms with Crippen molar-refractivity contribution in [2.75, 3.05) is 13.1 Å². The number of fused-ring (bicyclic) bond motifs is 1. The zero-order valence-corrected chi connectivity index (χ0v) is 12.8. The lowest BCUT2D eigenvalue weighted by Crippen LogP contribution is -2.39. The molecule has 1 fully saturated rings. The number of aryl methyl sites for hydroxylation is 1. The molecule has 1 saturated heterocycles. The second kappa shape index (κ2) is 5.45. The number of H-pyrrole nitrogens is 1. The van der Waals surface area contributed by atoms with Crippen LogP contribution in [0.4, 0.5) is 0 Å². The molecule has 0 spiro atoms. The van der Waals surface area contributed by atoms with E-state index in [1.807, 2.05) is 11.9 Å². The summed E-state index contributed by atoms with van der Waals surface area (Å²) >= 11 is 0. The van der Waals surface area contributed by atoms with Gasteiger partial charge in [-0.05, 0) is 12.8 Å². The van der Waals surface area contributed by atoms with Crippen LogP contribution in [-0.4, -0.2) is 53.8 Å². The van der Waals surface area contributed by atoms with Crippen LogP contribution in [0, 0.1) is 0 Å². The van der Waals surface area contributed by atoms with E-state index in [0.717, 1.165) is 30.6 Å². The van der Waals surface area contributed by atoms with E-state index in [-0.39, 0.29) is 11.8 Å². The molecular weight excluding hydrogens is 294 g/mol. The largest absolute Gasteiger partial charge is 0.338 e. The Morgan fingerprint density at radius 3 is 3.04 bits per heavy atom. The molecule has 8 heteroatoms. The smallest absolute Gasteiger partial charge is 0.257 e. The van der Waals surface area contributed by atoms with Crippen LogP contribution in [0.25, 0.3) is 11.2 Å². The highest BCUT2D eigenvalue weighted by Gasteiger charge is 2.28.